The third-order valence-electron chi connectivity index (χ3n) is 3.41. The van der Waals surface area contributed by atoms with Gasteiger partial charge in [-0.1, -0.05) is 13.8 Å². The zero-order chi connectivity index (χ0) is 15.1. The van der Waals surface area contributed by atoms with E-state index in [1.807, 2.05) is 0 Å². The minimum absolute atomic E-state index is 0.0626. The fourth-order valence-corrected chi connectivity index (χ4v) is 2.67. The van der Waals surface area contributed by atoms with Crippen molar-refractivity contribution in [1.29, 1.82) is 0 Å². The summed E-state index contributed by atoms with van der Waals surface area (Å²) in [6.07, 6.45) is 0. The van der Waals surface area contributed by atoms with Gasteiger partial charge in [0, 0.05) is 18.2 Å². The lowest BCUT2D eigenvalue weighted by molar-refractivity contribution is 0.0938. The van der Waals surface area contributed by atoms with Crippen molar-refractivity contribution in [3.8, 4) is 5.75 Å². The molecule has 1 aromatic rings. The van der Waals surface area contributed by atoms with E-state index in [0.29, 0.717) is 18.2 Å². The molecule has 0 aromatic heterocycles. The molecule has 1 rings (SSSR count). The van der Waals surface area contributed by atoms with Crippen LogP contribution in [0.2, 0.25) is 0 Å². The molecule has 1 atom stereocenters. The van der Waals surface area contributed by atoms with E-state index in [0.717, 1.165) is 23.3 Å². The summed E-state index contributed by atoms with van der Waals surface area (Å²) in [5, 5.41) is 2.97. The zero-order valence-corrected chi connectivity index (χ0v) is 14.2. The van der Waals surface area contributed by atoms with Gasteiger partial charge < -0.3 is 10.1 Å². The van der Waals surface area contributed by atoms with Crippen LogP contribution in [0.3, 0.4) is 0 Å². The number of carbonyl (C=O) groups excluding carboxylic acids is 1. The lowest BCUT2D eigenvalue weighted by Gasteiger charge is -2.26. The second-order valence-corrected chi connectivity index (χ2v) is 5.48. The Morgan fingerprint density at radius 1 is 1.40 bits per heavy atom. The number of nitrogens with zero attached hydrogens (tertiary/aromatic N) is 1. The molecule has 0 saturated heterocycles. The van der Waals surface area contributed by atoms with Gasteiger partial charge in [0.25, 0.3) is 5.91 Å². The number of amides is 1. The Morgan fingerprint density at radius 3 is 2.55 bits per heavy atom. The summed E-state index contributed by atoms with van der Waals surface area (Å²) in [4.78, 5) is 14.4. The van der Waals surface area contributed by atoms with E-state index in [9.17, 15) is 4.79 Å². The van der Waals surface area contributed by atoms with E-state index in [4.69, 9.17) is 4.74 Å². The number of ether oxygens (including phenoxy) is 1. The molecule has 0 aliphatic heterocycles. The molecule has 0 spiro atoms. The number of hydrogen-bond acceptors (Lipinski definition) is 3. The maximum Gasteiger partial charge on any atom is 0.251 e. The third-order valence-corrected chi connectivity index (χ3v) is 4.03. The molecule has 1 unspecified atom stereocenters. The van der Waals surface area contributed by atoms with Gasteiger partial charge in [-0.05, 0) is 54.1 Å². The molecule has 0 saturated carbocycles. The van der Waals surface area contributed by atoms with Gasteiger partial charge in [-0.2, -0.15) is 0 Å². The Kier molecular flexibility index (Phi) is 7.02. The minimum Gasteiger partial charge on any atom is -0.496 e. The Balaban J connectivity index is 2.61. The summed E-state index contributed by atoms with van der Waals surface area (Å²) >= 11 is 3.39. The van der Waals surface area contributed by atoms with Crippen molar-refractivity contribution in [3.05, 3.63) is 28.2 Å². The van der Waals surface area contributed by atoms with Crippen molar-refractivity contribution in [2.75, 3.05) is 26.7 Å². The van der Waals surface area contributed by atoms with Crippen LogP contribution >= 0.6 is 15.9 Å². The second-order valence-electron chi connectivity index (χ2n) is 4.63. The van der Waals surface area contributed by atoms with E-state index in [-0.39, 0.29) is 5.91 Å². The normalized spacial score (nSPS) is 12.3. The van der Waals surface area contributed by atoms with Crippen molar-refractivity contribution in [2.24, 2.45) is 0 Å². The van der Waals surface area contributed by atoms with Gasteiger partial charge in [0.15, 0.2) is 0 Å². The average molecular weight is 343 g/mol. The maximum absolute atomic E-state index is 12.1. The summed E-state index contributed by atoms with van der Waals surface area (Å²) in [6.45, 7) is 9.00. The van der Waals surface area contributed by atoms with Crippen molar-refractivity contribution in [1.82, 2.24) is 10.2 Å². The molecule has 1 aromatic carbocycles. The molecular formula is C15H23BrN2O2. The smallest absolute Gasteiger partial charge is 0.251 e. The monoisotopic (exact) mass is 342 g/mol. The SMILES string of the molecule is CCN(CC)C(C)CNC(=O)c1ccc(OC)c(Br)c1. The lowest BCUT2D eigenvalue weighted by atomic mass is 10.2. The fraction of sp³-hybridized carbons (Fsp3) is 0.533. The van der Waals surface area contributed by atoms with Crippen LogP contribution in [0.25, 0.3) is 0 Å². The van der Waals surface area contributed by atoms with Gasteiger partial charge >= 0.3 is 0 Å². The van der Waals surface area contributed by atoms with Crippen molar-refractivity contribution < 1.29 is 9.53 Å². The number of halogens is 1. The molecule has 0 bridgehead atoms. The number of benzene rings is 1. The van der Waals surface area contributed by atoms with Gasteiger partial charge in [-0.3, -0.25) is 9.69 Å². The highest BCUT2D eigenvalue weighted by atomic mass is 79.9. The van der Waals surface area contributed by atoms with Gasteiger partial charge in [0.1, 0.15) is 5.75 Å². The van der Waals surface area contributed by atoms with Crippen LogP contribution in [-0.4, -0.2) is 43.6 Å². The first-order valence-corrected chi connectivity index (χ1v) is 7.68. The van der Waals surface area contributed by atoms with Crippen LogP contribution in [0, 0.1) is 0 Å². The number of carbonyl (C=O) groups is 1. The average Bonchev–Trinajstić information content (AvgIpc) is 2.45. The minimum atomic E-state index is -0.0626. The van der Waals surface area contributed by atoms with Crippen LogP contribution < -0.4 is 10.1 Å². The number of nitrogens with one attached hydrogen (secondary N) is 1. The Hall–Kier alpha value is -1.07. The molecule has 1 amide bonds. The van der Waals surface area contributed by atoms with E-state index < -0.39 is 0 Å². The van der Waals surface area contributed by atoms with Gasteiger partial charge in [0.05, 0.1) is 11.6 Å². The first-order valence-electron chi connectivity index (χ1n) is 6.89. The number of likely N-dealkylation sites (N-methyl/N-ethyl adjacent to an activating group) is 1. The highest BCUT2D eigenvalue weighted by Gasteiger charge is 2.13. The quantitative estimate of drug-likeness (QED) is 0.828. The molecule has 5 heteroatoms. The molecule has 0 aliphatic rings. The number of methoxy groups -OCH3 is 1. The van der Waals surface area contributed by atoms with E-state index >= 15 is 0 Å². The summed E-state index contributed by atoms with van der Waals surface area (Å²) in [5.74, 6) is 0.658. The predicted octanol–water partition coefficient (Wildman–Crippen LogP) is 2.92. The van der Waals surface area contributed by atoms with Gasteiger partial charge in [0.2, 0.25) is 0 Å². The molecular weight excluding hydrogens is 320 g/mol. The molecule has 0 aliphatic carbocycles. The van der Waals surface area contributed by atoms with Gasteiger partial charge in [-0.25, -0.2) is 0 Å². The summed E-state index contributed by atoms with van der Waals surface area (Å²) in [7, 11) is 1.60. The Bertz CT molecular complexity index is 447. The van der Waals surface area contributed by atoms with E-state index in [1.54, 1.807) is 25.3 Å². The van der Waals surface area contributed by atoms with E-state index in [1.165, 1.54) is 0 Å². The summed E-state index contributed by atoms with van der Waals surface area (Å²) < 4.78 is 5.94. The molecule has 0 fully saturated rings. The summed E-state index contributed by atoms with van der Waals surface area (Å²) in [5.41, 5.74) is 0.629. The van der Waals surface area contributed by atoms with Crippen LogP contribution in [0.5, 0.6) is 5.75 Å². The molecule has 4 nitrogen and oxygen atoms in total. The zero-order valence-electron chi connectivity index (χ0n) is 12.6. The van der Waals surface area contributed by atoms with Crippen molar-refractivity contribution >= 4 is 21.8 Å². The fourth-order valence-electron chi connectivity index (χ4n) is 2.13. The number of hydrogen-bond donors (Lipinski definition) is 1. The standard InChI is InChI=1S/C15H23BrN2O2/c1-5-18(6-2)11(3)10-17-15(19)12-7-8-14(20-4)13(16)9-12/h7-9,11H,5-6,10H2,1-4H3,(H,17,19). The van der Waals surface area contributed by atoms with Crippen LogP contribution in [0.1, 0.15) is 31.1 Å². The van der Waals surface area contributed by atoms with Crippen molar-refractivity contribution in [2.45, 2.75) is 26.8 Å². The second kappa shape index (κ2) is 8.27. The topological polar surface area (TPSA) is 41.6 Å². The third kappa shape index (κ3) is 4.49. The molecule has 0 radical (unpaired) electrons. The van der Waals surface area contributed by atoms with Crippen LogP contribution in [0.15, 0.2) is 22.7 Å². The highest BCUT2D eigenvalue weighted by Crippen LogP contribution is 2.25. The first kappa shape index (κ1) is 17.0. The van der Waals surface area contributed by atoms with Crippen LogP contribution in [0.4, 0.5) is 0 Å². The molecule has 20 heavy (non-hydrogen) atoms. The summed E-state index contributed by atoms with van der Waals surface area (Å²) in [6, 6.07) is 5.65. The maximum atomic E-state index is 12.1. The Labute approximate surface area is 129 Å². The van der Waals surface area contributed by atoms with Crippen molar-refractivity contribution in [3.63, 3.8) is 0 Å². The number of rotatable bonds is 7. The molecule has 1 N–H and O–H groups in total. The lowest BCUT2D eigenvalue weighted by Crippen LogP contribution is -2.42. The highest BCUT2D eigenvalue weighted by molar-refractivity contribution is 9.10. The first-order chi connectivity index (χ1) is 9.53. The Morgan fingerprint density at radius 2 is 2.05 bits per heavy atom. The van der Waals surface area contributed by atoms with Gasteiger partial charge in [-0.15, -0.1) is 0 Å². The largest absolute Gasteiger partial charge is 0.496 e. The molecule has 112 valence electrons. The van der Waals surface area contributed by atoms with Crippen LogP contribution in [-0.2, 0) is 0 Å². The molecule has 0 heterocycles. The van der Waals surface area contributed by atoms with E-state index in [2.05, 4.69) is 46.9 Å². The predicted molar refractivity (Wildman–Crippen MR) is 85.4 cm³/mol.